The molecular weight excluding hydrogens is 506 g/mol. The van der Waals surface area contributed by atoms with Crippen LogP contribution in [0.2, 0.25) is 0 Å². The van der Waals surface area contributed by atoms with Gasteiger partial charge in [-0.15, -0.1) is 0 Å². The summed E-state index contributed by atoms with van der Waals surface area (Å²) in [4.78, 5) is 45.5. The van der Waals surface area contributed by atoms with Crippen LogP contribution in [0.4, 0.5) is 14.5 Å². The van der Waals surface area contributed by atoms with Crippen LogP contribution in [0.15, 0.2) is 75.9 Å². The summed E-state index contributed by atoms with van der Waals surface area (Å²) in [6.45, 7) is 0.451. The average molecular weight is 529 g/mol. The molecule has 1 aromatic heterocycles. The van der Waals surface area contributed by atoms with Crippen molar-refractivity contribution >= 4 is 28.5 Å². The zero-order chi connectivity index (χ0) is 26.9. The first kappa shape index (κ1) is 23.7. The van der Waals surface area contributed by atoms with Crippen molar-refractivity contribution in [1.29, 1.82) is 0 Å². The highest BCUT2D eigenvalue weighted by atomic mass is 19.1. The Balaban J connectivity index is 1.51. The van der Waals surface area contributed by atoms with E-state index in [1.54, 1.807) is 42.5 Å². The molecule has 0 radical (unpaired) electrons. The lowest BCUT2D eigenvalue weighted by Crippen LogP contribution is -2.55. The summed E-state index contributed by atoms with van der Waals surface area (Å²) in [5.74, 6) is -2.60. The van der Waals surface area contributed by atoms with Crippen LogP contribution in [0.1, 0.15) is 40.1 Å². The van der Waals surface area contributed by atoms with Crippen LogP contribution in [0.3, 0.4) is 0 Å². The SMILES string of the molecule is O=C1c2oc3ccc(F)cc3c(=O)c2C2(C(=O)N(Cc3ccccc3F)c3ccccc32)N1CC1CCCO1. The third-order valence-electron chi connectivity index (χ3n) is 7.89. The third kappa shape index (κ3) is 3.26. The Morgan fingerprint density at radius 2 is 1.77 bits per heavy atom. The lowest BCUT2D eigenvalue weighted by Gasteiger charge is -2.35. The number of fused-ring (bicyclic) bond motifs is 5. The first-order chi connectivity index (χ1) is 18.9. The molecule has 0 aliphatic carbocycles. The van der Waals surface area contributed by atoms with Crippen LogP contribution in [0, 0.1) is 11.6 Å². The number of carbonyl (C=O) groups excluding carboxylic acids is 2. The molecule has 2 unspecified atom stereocenters. The largest absolute Gasteiger partial charge is 0.450 e. The number of nitrogens with zero attached hydrogens (tertiary/aromatic N) is 2. The van der Waals surface area contributed by atoms with E-state index in [1.807, 2.05) is 0 Å². The Bertz CT molecular complexity index is 1750. The van der Waals surface area contributed by atoms with Crippen LogP contribution < -0.4 is 10.3 Å². The summed E-state index contributed by atoms with van der Waals surface area (Å²) in [7, 11) is 0. The molecule has 4 aromatic rings. The van der Waals surface area contributed by atoms with E-state index < -0.39 is 34.4 Å². The molecule has 7 nitrogen and oxygen atoms in total. The standard InChI is InChI=1S/C30H22F2N2O5/c31-18-11-12-24-20(14-18)26(35)25-27(39-24)28(36)34(16-19-7-5-13-38-19)30(25)21-8-2-4-10-23(21)33(29(30)37)15-17-6-1-3-9-22(17)32/h1-4,6,8-12,14,19H,5,7,13,15-16H2. The maximum atomic E-state index is 14.7. The summed E-state index contributed by atoms with van der Waals surface area (Å²) >= 11 is 0. The quantitative estimate of drug-likeness (QED) is 0.390. The number of hydrogen-bond acceptors (Lipinski definition) is 5. The van der Waals surface area contributed by atoms with Crippen molar-refractivity contribution in [3.8, 4) is 0 Å². The lowest BCUT2D eigenvalue weighted by molar-refractivity contribution is -0.126. The number of halogens is 2. The van der Waals surface area contributed by atoms with Gasteiger partial charge in [-0.05, 0) is 43.2 Å². The number of ether oxygens (including phenoxy) is 1. The lowest BCUT2D eigenvalue weighted by atomic mass is 9.83. The van der Waals surface area contributed by atoms with Gasteiger partial charge in [-0.1, -0.05) is 36.4 Å². The summed E-state index contributed by atoms with van der Waals surface area (Å²) in [5, 5.41) is -0.0715. The Morgan fingerprint density at radius 3 is 2.56 bits per heavy atom. The van der Waals surface area contributed by atoms with Gasteiger partial charge >= 0.3 is 0 Å². The van der Waals surface area contributed by atoms with E-state index in [4.69, 9.17) is 9.15 Å². The van der Waals surface area contributed by atoms with E-state index in [0.717, 1.165) is 18.6 Å². The maximum Gasteiger partial charge on any atom is 0.291 e. The first-order valence-electron chi connectivity index (χ1n) is 12.8. The van der Waals surface area contributed by atoms with Crippen molar-refractivity contribution in [2.24, 2.45) is 0 Å². The van der Waals surface area contributed by atoms with Crippen LogP contribution in [0.25, 0.3) is 11.0 Å². The van der Waals surface area contributed by atoms with Crippen molar-refractivity contribution in [3.63, 3.8) is 0 Å². The second-order valence-corrected chi connectivity index (χ2v) is 10.0. The van der Waals surface area contributed by atoms with Crippen molar-refractivity contribution in [1.82, 2.24) is 4.90 Å². The number of benzene rings is 3. The zero-order valence-electron chi connectivity index (χ0n) is 20.7. The number of carbonyl (C=O) groups is 2. The molecule has 1 fully saturated rings. The van der Waals surface area contributed by atoms with E-state index in [0.29, 0.717) is 24.3 Å². The van der Waals surface area contributed by atoms with Gasteiger partial charge in [-0.2, -0.15) is 0 Å². The summed E-state index contributed by atoms with van der Waals surface area (Å²) in [6.07, 6.45) is 1.14. The van der Waals surface area contributed by atoms with Gasteiger partial charge in [-0.25, -0.2) is 8.78 Å². The van der Waals surface area contributed by atoms with Crippen LogP contribution in [-0.4, -0.2) is 36.0 Å². The van der Waals surface area contributed by atoms with Gasteiger partial charge in [-0.3, -0.25) is 14.4 Å². The predicted molar refractivity (Wildman–Crippen MR) is 137 cm³/mol. The van der Waals surface area contributed by atoms with Crippen LogP contribution in [0.5, 0.6) is 0 Å². The van der Waals surface area contributed by atoms with Gasteiger partial charge in [0.2, 0.25) is 5.76 Å². The topological polar surface area (TPSA) is 80.1 Å². The highest BCUT2D eigenvalue weighted by Crippen LogP contribution is 2.53. The molecule has 2 atom stereocenters. The molecular formula is C30H22F2N2O5. The normalized spacial score (nSPS) is 21.8. The minimum absolute atomic E-state index is 0.0425. The predicted octanol–water partition coefficient (Wildman–Crippen LogP) is 4.50. The zero-order valence-corrected chi connectivity index (χ0v) is 20.7. The fourth-order valence-electron chi connectivity index (χ4n) is 6.16. The number of amides is 2. The van der Waals surface area contributed by atoms with Gasteiger partial charge in [0.1, 0.15) is 17.2 Å². The summed E-state index contributed by atoms with van der Waals surface area (Å²) in [5.41, 5.74) is -1.52. The molecule has 0 N–H and O–H groups in total. The second-order valence-electron chi connectivity index (χ2n) is 10.0. The van der Waals surface area contributed by atoms with Crippen LogP contribution in [-0.2, 0) is 21.6 Å². The molecule has 3 aliphatic rings. The molecule has 39 heavy (non-hydrogen) atoms. The smallest absolute Gasteiger partial charge is 0.291 e. The fourth-order valence-corrected chi connectivity index (χ4v) is 6.16. The van der Waals surface area contributed by atoms with Crippen molar-refractivity contribution in [3.05, 3.63) is 111 Å². The van der Waals surface area contributed by atoms with E-state index in [9.17, 15) is 23.2 Å². The Labute approximate surface area is 221 Å². The minimum Gasteiger partial charge on any atom is -0.450 e. The highest BCUT2D eigenvalue weighted by Gasteiger charge is 2.65. The molecule has 3 aliphatic heterocycles. The molecule has 2 amide bonds. The molecule has 0 saturated carbocycles. The second kappa shape index (κ2) is 8.57. The molecule has 1 spiro atoms. The third-order valence-corrected chi connectivity index (χ3v) is 7.89. The van der Waals surface area contributed by atoms with E-state index >= 15 is 0 Å². The molecule has 0 bridgehead atoms. The van der Waals surface area contributed by atoms with E-state index in [-0.39, 0.29) is 47.0 Å². The van der Waals surface area contributed by atoms with Gasteiger partial charge in [0.15, 0.2) is 11.0 Å². The molecule has 4 heterocycles. The Morgan fingerprint density at radius 1 is 0.974 bits per heavy atom. The van der Waals surface area contributed by atoms with Gasteiger partial charge < -0.3 is 19.0 Å². The fraction of sp³-hybridized carbons (Fsp3) is 0.233. The Hall–Kier alpha value is -4.37. The average Bonchev–Trinajstić information content (AvgIpc) is 3.60. The number of anilines is 1. The van der Waals surface area contributed by atoms with Gasteiger partial charge in [0.05, 0.1) is 29.3 Å². The summed E-state index contributed by atoms with van der Waals surface area (Å²) < 4.78 is 40.7. The molecule has 196 valence electrons. The molecule has 3 aromatic carbocycles. The maximum absolute atomic E-state index is 14.7. The first-order valence-corrected chi connectivity index (χ1v) is 12.8. The number of hydrogen-bond donors (Lipinski definition) is 0. The van der Waals surface area contributed by atoms with Gasteiger partial charge in [0.25, 0.3) is 11.8 Å². The number of rotatable bonds is 4. The van der Waals surface area contributed by atoms with Gasteiger partial charge in [0, 0.05) is 24.3 Å². The highest BCUT2D eigenvalue weighted by molar-refractivity contribution is 6.17. The molecule has 1 saturated heterocycles. The van der Waals surface area contributed by atoms with Crippen LogP contribution >= 0.6 is 0 Å². The molecule has 9 heteroatoms. The van der Waals surface area contributed by atoms with Crippen molar-refractivity contribution in [2.75, 3.05) is 18.1 Å². The monoisotopic (exact) mass is 528 g/mol. The van der Waals surface area contributed by atoms with Crippen molar-refractivity contribution < 1.29 is 27.5 Å². The van der Waals surface area contributed by atoms with Crippen molar-refractivity contribution in [2.45, 2.75) is 31.0 Å². The Kier molecular flexibility index (Phi) is 5.21. The summed E-state index contributed by atoms with van der Waals surface area (Å²) in [6, 6.07) is 16.5. The minimum atomic E-state index is -1.87. The van der Waals surface area contributed by atoms with E-state index in [2.05, 4.69) is 0 Å². The molecule has 7 rings (SSSR count). The van der Waals surface area contributed by atoms with E-state index in [1.165, 1.54) is 21.9 Å². The number of para-hydroxylation sites is 1.